The van der Waals surface area contributed by atoms with E-state index in [4.69, 9.17) is 0 Å². The minimum absolute atomic E-state index is 0.00892. The Morgan fingerprint density at radius 3 is 2.50 bits per heavy atom. The maximum Gasteiger partial charge on any atom is 0.271 e. The lowest BCUT2D eigenvalue weighted by molar-refractivity contribution is -0.384. The van der Waals surface area contributed by atoms with E-state index >= 15 is 0 Å². The summed E-state index contributed by atoms with van der Waals surface area (Å²) in [7, 11) is -1.83. The zero-order valence-corrected chi connectivity index (χ0v) is 17.5. The molecule has 0 aliphatic carbocycles. The number of nitro benzene ring substituents is 1. The number of piperidine rings is 1. The predicted molar refractivity (Wildman–Crippen MR) is 108 cm³/mol. The maximum atomic E-state index is 13.0. The standard InChI is InChI=1S/C18H28N4O5S/c1-5-16(18(23)19-14-8-10-20(3)11-9-14)21(28(4,26)27)17-12-15(22(24)25)7-6-13(17)2/h6-7,12,14,16H,5,8-11H2,1-4H3,(H,19,23)/t16-/m1/s1. The first-order valence-corrected chi connectivity index (χ1v) is 11.1. The molecule has 1 aromatic rings. The monoisotopic (exact) mass is 412 g/mol. The number of carbonyl (C=O) groups is 1. The van der Waals surface area contributed by atoms with Crippen molar-refractivity contribution in [3.8, 4) is 0 Å². The molecule has 1 aliphatic heterocycles. The van der Waals surface area contributed by atoms with Gasteiger partial charge in [-0.3, -0.25) is 19.2 Å². The van der Waals surface area contributed by atoms with E-state index in [1.165, 1.54) is 18.2 Å². The second-order valence-electron chi connectivity index (χ2n) is 7.30. The fraction of sp³-hybridized carbons (Fsp3) is 0.611. The summed E-state index contributed by atoms with van der Waals surface area (Å²) in [6.07, 6.45) is 2.85. The normalized spacial score (nSPS) is 17.1. The zero-order chi connectivity index (χ0) is 21.1. The molecule has 0 spiro atoms. The molecule has 28 heavy (non-hydrogen) atoms. The molecule has 1 aliphatic rings. The van der Waals surface area contributed by atoms with Gasteiger partial charge in [-0.15, -0.1) is 0 Å². The van der Waals surface area contributed by atoms with Gasteiger partial charge >= 0.3 is 0 Å². The number of non-ortho nitro benzene ring substituents is 1. The summed E-state index contributed by atoms with van der Waals surface area (Å²) >= 11 is 0. The van der Waals surface area contributed by atoms with Crippen LogP contribution < -0.4 is 9.62 Å². The third-order valence-electron chi connectivity index (χ3n) is 5.04. The number of carbonyl (C=O) groups excluding carboxylic acids is 1. The first-order chi connectivity index (χ1) is 13.0. The number of nitro groups is 1. The lowest BCUT2D eigenvalue weighted by Crippen LogP contribution is -2.53. The molecular weight excluding hydrogens is 384 g/mol. The first-order valence-electron chi connectivity index (χ1n) is 9.28. The Balaban J connectivity index is 2.37. The van der Waals surface area contributed by atoms with E-state index in [9.17, 15) is 23.3 Å². The van der Waals surface area contributed by atoms with Crippen LogP contribution in [0.2, 0.25) is 0 Å². The van der Waals surface area contributed by atoms with E-state index in [2.05, 4.69) is 10.2 Å². The molecule has 1 N–H and O–H groups in total. The van der Waals surface area contributed by atoms with Gasteiger partial charge in [0.25, 0.3) is 5.69 Å². The van der Waals surface area contributed by atoms with Crippen molar-refractivity contribution in [3.05, 3.63) is 33.9 Å². The van der Waals surface area contributed by atoms with Crippen molar-refractivity contribution in [1.82, 2.24) is 10.2 Å². The van der Waals surface area contributed by atoms with Gasteiger partial charge < -0.3 is 10.2 Å². The number of aryl methyl sites for hydroxylation is 1. The topological polar surface area (TPSA) is 113 Å². The molecule has 1 heterocycles. The lowest BCUT2D eigenvalue weighted by atomic mass is 10.0. The molecule has 2 rings (SSSR count). The Morgan fingerprint density at radius 2 is 2.00 bits per heavy atom. The highest BCUT2D eigenvalue weighted by Crippen LogP contribution is 2.30. The Hall–Kier alpha value is -2.20. The summed E-state index contributed by atoms with van der Waals surface area (Å²) in [6.45, 7) is 5.12. The molecule has 10 heteroatoms. The molecule has 0 radical (unpaired) electrons. The number of hydrogen-bond acceptors (Lipinski definition) is 6. The Kier molecular flexibility index (Phi) is 7.00. The van der Waals surface area contributed by atoms with Gasteiger partial charge in [-0.2, -0.15) is 0 Å². The first kappa shape index (κ1) is 22.1. The van der Waals surface area contributed by atoms with Gasteiger partial charge in [0.05, 0.1) is 16.9 Å². The largest absolute Gasteiger partial charge is 0.351 e. The van der Waals surface area contributed by atoms with Crippen LogP contribution in [0.15, 0.2) is 18.2 Å². The van der Waals surface area contributed by atoms with E-state index in [1.807, 2.05) is 7.05 Å². The molecular formula is C18H28N4O5S. The number of benzene rings is 1. The van der Waals surface area contributed by atoms with Crippen molar-refractivity contribution in [2.24, 2.45) is 0 Å². The summed E-state index contributed by atoms with van der Waals surface area (Å²) in [4.78, 5) is 25.7. The van der Waals surface area contributed by atoms with Crippen molar-refractivity contribution in [3.63, 3.8) is 0 Å². The molecule has 0 saturated carbocycles. The van der Waals surface area contributed by atoms with Gasteiger partial charge in [-0.1, -0.05) is 13.0 Å². The van der Waals surface area contributed by atoms with Crippen molar-refractivity contribution < 1.29 is 18.1 Å². The molecule has 0 aromatic heterocycles. The van der Waals surface area contributed by atoms with Gasteiger partial charge in [0.1, 0.15) is 6.04 Å². The number of hydrogen-bond donors (Lipinski definition) is 1. The lowest BCUT2D eigenvalue weighted by Gasteiger charge is -2.34. The third kappa shape index (κ3) is 5.20. The molecule has 9 nitrogen and oxygen atoms in total. The van der Waals surface area contributed by atoms with Crippen molar-refractivity contribution >= 4 is 27.3 Å². The van der Waals surface area contributed by atoms with Crippen LogP contribution in [0.5, 0.6) is 0 Å². The van der Waals surface area contributed by atoms with Gasteiger partial charge in [0.15, 0.2) is 0 Å². The minimum Gasteiger partial charge on any atom is -0.351 e. The molecule has 1 aromatic carbocycles. The minimum atomic E-state index is -3.85. The second kappa shape index (κ2) is 8.87. The summed E-state index contributed by atoms with van der Waals surface area (Å²) < 4.78 is 26.2. The molecule has 1 amide bonds. The Bertz CT molecular complexity index is 834. The summed E-state index contributed by atoms with van der Waals surface area (Å²) in [6, 6.07) is 3.04. The number of nitrogens with one attached hydrogen (secondary N) is 1. The zero-order valence-electron chi connectivity index (χ0n) is 16.7. The number of nitrogens with zero attached hydrogens (tertiary/aromatic N) is 3. The smallest absolute Gasteiger partial charge is 0.271 e. The Labute approximate surface area is 165 Å². The van der Waals surface area contributed by atoms with Gasteiger partial charge in [-0.05, 0) is 51.9 Å². The molecule has 156 valence electrons. The summed E-state index contributed by atoms with van der Waals surface area (Å²) in [5, 5.41) is 14.1. The predicted octanol–water partition coefficient (Wildman–Crippen LogP) is 1.66. The number of anilines is 1. The number of sulfonamides is 1. The number of rotatable bonds is 7. The van der Waals surface area contributed by atoms with Crippen LogP contribution >= 0.6 is 0 Å². The number of likely N-dealkylation sites (tertiary alicyclic amines) is 1. The summed E-state index contributed by atoms with van der Waals surface area (Å²) in [5.74, 6) is -0.381. The quantitative estimate of drug-likeness (QED) is 0.538. The van der Waals surface area contributed by atoms with Crippen molar-refractivity contribution in [2.75, 3.05) is 30.7 Å². The SMILES string of the molecule is CC[C@H](C(=O)NC1CCN(C)CC1)N(c1cc([N+](=O)[O-])ccc1C)S(C)(=O)=O. The van der Waals surface area contributed by atoms with Gasteiger partial charge in [-0.25, -0.2) is 8.42 Å². The fourth-order valence-corrected chi connectivity index (χ4v) is 4.70. The van der Waals surface area contributed by atoms with Crippen LogP contribution in [-0.4, -0.2) is 62.6 Å². The van der Waals surface area contributed by atoms with E-state index < -0.39 is 21.0 Å². The van der Waals surface area contributed by atoms with Crippen LogP contribution in [0.25, 0.3) is 0 Å². The molecule has 0 bridgehead atoms. The third-order valence-corrected chi connectivity index (χ3v) is 6.20. The van der Waals surface area contributed by atoms with E-state index in [1.54, 1.807) is 13.8 Å². The van der Waals surface area contributed by atoms with Crippen LogP contribution in [0.3, 0.4) is 0 Å². The van der Waals surface area contributed by atoms with E-state index in [0.29, 0.717) is 5.56 Å². The van der Waals surface area contributed by atoms with Crippen molar-refractivity contribution in [2.45, 2.75) is 45.2 Å². The van der Waals surface area contributed by atoms with Crippen LogP contribution in [0.4, 0.5) is 11.4 Å². The van der Waals surface area contributed by atoms with Crippen LogP contribution in [0.1, 0.15) is 31.7 Å². The molecule has 0 unspecified atom stereocenters. The molecule has 1 fully saturated rings. The van der Waals surface area contributed by atoms with Gasteiger partial charge in [0, 0.05) is 18.2 Å². The van der Waals surface area contributed by atoms with Crippen LogP contribution in [0, 0.1) is 17.0 Å². The maximum absolute atomic E-state index is 13.0. The average molecular weight is 413 g/mol. The van der Waals surface area contributed by atoms with Crippen LogP contribution in [-0.2, 0) is 14.8 Å². The van der Waals surface area contributed by atoms with E-state index in [-0.39, 0.29) is 29.7 Å². The fourth-order valence-electron chi connectivity index (χ4n) is 3.43. The van der Waals surface area contributed by atoms with Crippen molar-refractivity contribution in [1.29, 1.82) is 0 Å². The highest BCUT2D eigenvalue weighted by molar-refractivity contribution is 7.92. The highest BCUT2D eigenvalue weighted by Gasteiger charge is 2.34. The van der Waals surface area contributed by atoms with E-state index in [0.717, 1.165) is 36.5 Å². The second-order valence-corrected chi connectivity index (χ2v) is 9.16. The Morgan fingerprint density at radius 1 is 1.39 bits per heavy atom. The van der Waals surface area contributed by atoms with Gasteiger partial charge in [0.2, 0.25) is 15.9 Å². The highest BCUT2D eigenvalue weighted by atomic mass is 32.2. The molecule has 1 saturated heterocycles. The molecule has 1 atom stereocenters. The number of amides is 1. The summed E-state index contributed by atoms with van der Waals surface area (Å²) in [5.41, 5.74) is 0.475. The average Bonchev–Trinajstić information content (AvgIpc) is 2.61.